The molecule has 0 fully saturated rings. The fraction of sp³-hybridized carbons (Fsp3) is 0.167. The first-order valence-corrected chi connectivity index (χ1v) is 7.44. The number of aromatic nitrogens is 1. The molecule has 0 bridgehead atoms. The van der Waals surface area contributed by atoms with Crippen LogP contribution in [-0.4, -0.2) is 11.5 Å². The van der Waals surface area contributed by atoms with Gasteiger partial charge in [-0.3, -0.25) is 4.98 Å². The van der Waals surface area contributed by atoms with Crippen LogP contribution in [0.15, 0.2) is 54.7 Å². The maximum absolute atomic E-state index is 5.90. The first-order valence-electron chi connectivity index (χ1n) is 7.07. The van der Waals surface area contributed by atoms with Crippen LogP contribution < -0.4 is 5.32 Å². The van der Waals surface area contributed by atoms with E-state index in [0.29, 0.717) is 0 Å². The molecular formula is C18H17ClN2. The average Bonchev–Trinajstić information content (AvgIpc) is 2.50. The minimum Gasteiger partial charge on any atom is -0.384 e. The van der Waals surface area contributed by atoms with Crippen molar-refractivity contribution < 1.29 is 0 Å². The molecule has 0 unspecified atom stereocenters. The molecule has 3 heteroatoms. The minimum absolute atomic E-state index is 0.780. The Morgan fingerprint density at radius 1 is 1.05 bits per heavy atom. The topological polar surface area (TPSA) is 24.9 Å². The van der Waals surface area contributed by atoms with Gasteiger partial charge in [0.15, 0.2) is 0 Å². The summed E-state index contributed by atoms with van der Waals surface area (Å²) >= 11 is 5.90. The van der Waals surface area contributed by atoms with Gasteiger partial charge in [0, 0.05) is 28.8 Å². The van der Waals surface area contributed by atoms with E-state index in [1.54, 1.807) is 0 Å². The van der Waals surface area contributed by atoms with E-state index in [2.05, 4.69) is 47.6 Å². The summed E-state index contributed by atoms with van der Waals surface area (Å²) in [5.41, 5.74) is 4.68. The van der Waals surface area contributed by atoms with Crippen LogP contribution in [0.2, 0.25) is 5.02 Å². The fourth-order valence-electron chi connectivity index (χ4n) is 2.47. The van der Waals surface area contributed by atoms with Gasteiger partial charge in [-0.25, -0.2) is 0 Å². The van der Waals surface area contributed by atoms with E-state index in [4.69, 9.17) is 11.6 Å². The molecule has 1 heterocycles. The molecule has 2 aromatic carbocycles. The highest BCUT2D eigenvalue weighted by Crippen LogP contribution is 2.23. The zero-order valence-electron chi connectivity index (χ0n) is 11.9. The second kappa shape index (κ2) is 6.15. The highest BCUT2D eigenvalue weighted by atomic mass is 35.5. The number of rotatable bonds is 4. The molecule has 0 saturated carbocycles. The predicted molar refractivity (Wildman–Crippen MR) is 90.1 cm³/mol. The lowest BCUT2D eigenvalue weighted by molar-refractivity contribution is 1.02. The maximum Gasteiger partial charge on any atom is 0.0751 e. The lowest BCUT2D eigenvalue weighted by Gasteiger charge is -2.10. The quantitative estimate of drug-likeness (QED) is 0.744. The molecule has 106 valence electrons. The molecule has 0 spiro atoms. The molecule has 0 atom stereocenters. The first kappa shape index (κ1) is 13.9. The third-order valence-corrected chi connectivity index (χ3v) is 3.87. The van der Waals surface area contributed by atoms with Crippen molar-refractivity contribution in [1.29, 1.82) is 0 Å². The van der Waals surface area contributed by atoms with Crippen LogP contribution in [0.25, 0.3) is 10.9 Å². The summed E-state index contributed by atoms with van der Waals surface area (Å²) in [6.07, 6.45) is 2.83. The Labute approximate surface area is 129 Å². The van der Waals surface area contributed by atoms with Gasteiger partial charge in [0.05, 0.1) is 5.52 Å². The fourth-order valence-corrected chi connectivity index (χ4v) is 2.60. The molecule has 1 N–H and O–H groups in total. The molecule has 0 radical (unpaired) electrons. The standard InChI is InChI=1S/C18H17ClN2/c1-13-3-2-4-16-17(10-12-21-18(13)16)20-11-9-14-5-7-15(19)8-6-14/h2-8,10,12H,9,11H2,1H3,(H,20,21). The van der Waals surface area contributed by atoms with Crippen LogP contribution in [0.1, 0.15) is 11.1 Å². The molecule has 0 aliphatic heterocycles. The number of benzene rings is 2. The van der Waals surface area contributed by atoms with E-state index in [0.717, 1.165) is 29.2 Å². The molecule has 0 amide bonds. The van der Waals surface area contributed by atoms with Crippen molar-refractivity contribution in [3.8, 4) is 0 Å². The van der Waals surface area contributed by atoms with Gasteiger partial charge in [0.1, 0.15) is 0 Å². The van der Waals surface area contributed by atoms with Crippen LogP contribution in [0, 0.1) is 6.92 Å². The second-order valence-electron chi connectivity index (χ2n) is 5.13. The Kier molecular flexibility index (Phi) is 4.07. The van der Waals surface area contributed by atoms with Gasteiger partial charge in [-0.2, -0.15) is 0 Å². The normalized spacial score (nSPS) is 10.8. The zero-order chi connectivity index (χ0) is 14.7. The molecule has 0 aliphatic rings. The van der Waals surface area contributed by atoms with Gasteiger partial charge < -0.3 is 5.32 Å². The van der Waals surface area contributed by atoms with Crippen molar-refractivity contribution in [2.45, 2.75) is 13.3 Å². The molecule has 0 saturated heterocycles. The Hall–Kier alpha value is -2.06. The lowest BCUT2D eigenvalue weighted by Crippen LogP contribution is -2.05. The monoisotopic (exact) mass is 296 g/mol. The molecular weight excluding hydrogens is 280 g/mol. The van der Waals surface area contributed by atoms with Gasteiger partial charge >= 0.3 is 0 Å². The number of anilines is 1. The van der Waals surface area contributed by atoms with Gasteiger partial charge in [-0.1, -0.05) is 41.9 Å². The number of pyridine rings is 1. The molecule has 3 aromatic rings. The number of hydrogen-bond donors (Lipinski definition) is 1. The van der Waals surface area contributed by atoms with Crippen LogP contribution in [0.5, 0.6) is 0 Å². The SMILES string of the molecule is Cc1cccc2c(NCCc3ccc(Cl)cc3)ccnc12. The van der Waals surface area contributed by atoms with Crippen molar-refractivity contribution in [3.05, 3.63) is 70.9 Å². The Balaban J connectivity index is 1.73. The zero-order valence-corrected chi connectivity index (χ0v) is 12.7. The number of nitrogens with zero attached hydrogens (tertiary/aromatic N) is 1. The summed E-state index contributed by atoms with van der Waals surface area (Å²) in [5, 5.41) is 5.46. The summed E-state index contributed by atoms with van der Waals surface area (Å²) in [7, 11) is 0. The van der Waals surface area contributed by atoms with Crippen LogP contribution in [0.3, 0.4) is 0 Å². The summed E-state index contributed by atoms with van der Waals surface area (Å²) in [6.45, 7) is 2.97. The summed E-state index contributed by atoms with van der Waals surface area (Å²) in [4.78, 5) is 4.46. The molecule has 2 nitrogen and oxygen atoms in total. The van der Waals surface area contributed by atoms with Crippen LogP contribution in [0.4, 0.5) is 5.69 Å². The van der Waals surface area contributed by atoms with E-state index < -0.39 is 0 Å². The van der Waals surface area contributed by atoms with Crippen LogP contribution in [-0.2, 0) is 6.42 Å². The number of halogens is 1. The Morgan fingerprint density at radius 3 is 2.67 bits per heavy atom. The highest BCUT2D eigenvalue weighted by molar-refractivity contribution is 6.30. The minimum atomic E-state index is 0.780. The third-order valence-electron chi connectivity index (χ3n) is 3.62. The number of para-hydroxylation sites is 1. The summed E-state index contributed by atoms with van der Waals surface area (Å²) in [6, 6.07) is 16.3. The van der Waals surface area contributed by atoms with E-state index in [-0.39, 0.29) is 0 Å². The van der Waals surface area contributed by atoms with Crippen molar-refractivity contribution in [2.24, 2.45) is 0 Å². The van der Waals surface area contributed by atoms with Crippen molar-refractivity contribution >= 4 is 28.2 Å². The second-order valence-corrected chi connectivity index (χ2v) is 5.57. The molecule has 21 heavy (non-hydrogen) atoms. The van der Waals surface area contributed by atoms with Gasteiger partial charge in [-0.05, 0) is 42.7 Å². The Bertz CT molecular complexity index is 751. The van der Waals surface area contributed by atoms with Gasteiger partial charge in [0.25, 0.3) is 0 Å². The van der Waals surface area contributed by atoms with E-state index in [9.17, 15) is 0 Å². The van der Waals surface area contributed by atoms with Crippen LogP contribution >= 0.6 is 11.6 Å². The smallest absolute Gasteiger partial charge is 0.0751 e. The number of aryl methyl sites for hydroxylation is 1. The molecule has 1 aromatic heterocycles. The average molecular weight is 297 g/mol. The van der Waals surface area contributed by atoms with Crippen molar-refractivity contribution in [3.63, 3.8) is 0 Å². The van der Waals surface area contributed by atoms with E-state index in [1.165, 1.54) is 16.5 Å². The number of fused-ring (bicyclic) bond motifs is 1. The third kappa shape index (κ3) is 3.17. The first-order chi connectivity index (χ1) is 10.2. The summed E-state index contributed by atoms with van der Waals surface area (Å²) < 4.78 is 0. The summed E-state index contributed by atoms with van der Waals surface area (Å²) in [5.74, 6) is 0. The maximum atomic E-state index is 5.90. The van der Waals surface area contributed by atoms with Gasteiger partial charge in [-0.15, -0.1) is 0 Å². The number of nitrogens with one attached hydrogen (secondary N) is 1. The van der Waals surface area contributed by atoms with Crippen molar-refractivity contribution in [1.82, 2.24) is 4.98 Å². The highest BCUT2D eigenvalue weighted by Gasteiger charge is 2.03. The van der Waals surface area contributed by atoms with E-state index in [1.807, 2.05) is 24.4 Å². The molecule has 3 rings (SSSR count). The number of hydrogen-bond acceptors (Lipinski definition) is 2. The van der Waals surface area contributed by atoms with E-state index >= 15 is 0 Å². The molecule has 0 aliphatic carbocycles. The van der Waals surface area contributed by atoms with Crippen molar-refractivity contribution in [2.75, 3.05) is 11.9 Å². The lowest BCUT2D eigenvalue weighted by atomic mass is 10.1. The Morgan fingerprint density at radius 2 is 1.86 bits per heavy atom. The largest absolute Gasteiger partial charge is 0.384 e. The predicted octanol–water partition coefficient (Wildman–Crippen LogP) is 4.85. The van der Waals surface area contributed by atoms with Gasteiger partial charge in [0.2, 0.25) is 0 Å².